The minimum Gasteiger partial charge on any atom is -0.438 e. The monoisotopic (exact) mass is 393 g/mol. The van der Waals surface area contributed by atoms with E-state index in [1.807, 2.05) is 36.4 Å². The Hall–Kier alpha value is -2.50. The Labute approximate surface area is 165 Å². The molecular weight excluding hydrogens is 378 g/mol. The number of rotatable bonds is 3. The topological polar surface area (TPSA) is 47.9 Å². The van der Waals surface area contributed by atoms with Crippen LogP contribution in [0.25, 0.3) is 21.6 Å². The summed E-state index contributed by atoms with van der Waals surface area (Å²) >= 11 is 7.77. The number of ether oxygens (including phenoxy) is 1. The van der Waals surface area contributed by atoms with Crippen molar-refractivity contribution in [1.82, 2.24) is 15.0 Å². The summed E-state index contributed by atoms with van der Waals surface area (Å²) in [6.45, 7) is 0. The van der Waals surface area contributed by atoms with E-state index in [1.165, 1.54) is 23.3 Å². The lowest BCUT2D eigenvalue weighted by atomic mass is 9.97. The Morgan fingerprint density at radius 1 is 1.00 bits per heavy atom. The lowest BCUT2D eigenvalue weighted by Gasteiger charge is -2.13. The molecule has 0 N–H and O–H groups in total. The van der Waals surface area contributed by atoms with Gasteiger partial charge in [0.15, 0.2) is 5.82 Å². The van der Waals surface area contributed by atoms with Gasteiger partial charge < -0.3 is 4.74 Å². The zero-order valence-corrected chi connectivity index (χ0v) is 16.1. The van der Waals surface area contributed by atoms with Crippen molar-refractivity contribution < 1.29 is 4.74 Å². The highest BCUT2D eigenvalue weighted by molar-refractivity contribution is 7.18. The average molecular weight is 394 g/mol. The molecule has 0 amide bonds. The molecule has 6 heteroatoms. The van der Waals surface area contributed by atoms with Gasteiger partial charge in [-0.25, -0.2) is 4.98 Å². The van der Waals surface area contributed by atoms with Gasteiger partial charge in [-0.1, -0.05) is 11.6 Å². The molecule has 0 bridgehead atoms. The van der Waals surface area contributed by atoms with Gasteiger partial charge in [0, 0.05) is 27.9 Å². The number of benzene rings is 1. The van der Waals surface area contributed by atoms with Crippen molar-refractivity contribution in [3.63, 3.8) is 0 Å². The Morgan fingerprint density at radius 2 is 1.85 bits per heavy atom. The third-order valence-electron chi connectivity index (χ3n) is 4.73. The van der Waals surface area contributed by atoms with Crippen LogP contribution in [0.5, 0.6) is 11.6 Å². The van der Waals surface area contributed by atoms with Crippen LogP contribution in [0.1, 0.15) is 23.3 Å². The second-order valence-corrected chi connectivity index (χ2v) is 8.06. The van der Waals surface area contributed by atoms with E-state index in [2.05, 4.69) is 4.98 Å². The number of aromatic nitrogens is 3. The zero-order chi connectivity index (χ0) is 18.2. The van der Waals surface area contributed by atoms with Gasteiger partial charge in [-0.2, -0.15) is 4.98 Å². The van der Waals surface area contributed by atoms with Crippen molar-refractivity contribution in [3.05, 3.63) is 64.3 Å². The third kappa shape index (κ3) is 3.17. The fourth-order valence-electron chi connectivity index (χ4n) is 3.44. The molecule has 3 heterocycles. The van der Waals surface area contributed by atoms with Crippen LogP contribution in [0.4, 0.5) is 0 Å². The smallest absolute Gasteiger partial charge is 0.231 e. The first-order chi connectivity index (χ1) is 13.3. The average Bonchev–Trinajstić information content (AvgIpc) is 3.09. The number of aryl methyl sites for hydroxylation is 2. The van der Waals surface area contributed by atoms with Gasteiger partial charge in [0.1, 0.15) is 10.6 Å². The van der Waals surface area contributed by atoms with Crippen molar-refractivity contribution in [3.8, 4) is 23.0 Å². The standard InChI is InChI=1S/C21H16ClN3OS/c22-14-7-9-15(10-8-14)26-20-18-16-5-1-2-6-17(16)27-21(18)25-19(24-20)13-4-3-11-23-12-13/h3-4,7-12H,1-2,5-6H2. The van der Waals surface area contributed by atoms with E-state index in [4.69, 9.17) is 26.3 Å². The van der Waals surface area contributed by atoms with Crippen molar-refractivity contribution in [2.75, 3.05) is 0 Å². The highest BCUT2D eigenvalue weighted by atomic mass is 35.5. The third-order valence-corrected chi connectivity index (χ3v) is 6.17. The minimum absolute atomic E-state index is 0.612. The maximum Gasteiger partial charge on any atom is 0.231 e. The van der Waals surface area contributed by atoms with Crippen molar-refractivity contribution in [1.29, 1.82) is 0 Å². The van der Waals surface area contributed by atoms with E-state index < -0.39 is 0 Å². The minimum atomic E-state index is 0.612. The highest BCUT2D eigenvalue weighted by Gasteiger charge is 2.22. The molecule has 27 heavy (non-hydrogen) atoms. The number of fused-ring (bicyclic) bond motifs is 3. The number of hydrogen-bond acceptors (Lipinski definition) is 5. The van der Waals surface area contributed by atoms with Gasteiger partial charge in [0.25, 0.3) is 0 Å². The first-order valence-corrected chi connectivity index (χ1v) is 10.1. The van der Waals surface area contributed by atoms with E-state index in [1.54, 1.807) is 23.7 Å². The van der Waals surface area contributed by atoms with Crippen LogP contribution in [0.2, 0.25) is 5.02 Å². The molecule has 1 aliphatic carbocycles. The predicted octanol–water partition coefficient (Wildman–Crippen LogP) is 6.08. The molecule has 134 valence electrons. The van der Waals surface area contributed by atoms with Crippen LogP contribution in [-0.4, -0.2) is 15.0 Å². The normalized spacial score (nSPS) is 13.5. The number of halogens is 1. The number of hydrogen-bond donors (Lipinski definition) is 0. The summed E-state index contributed by atoms with van der Waals surface area (Å²) in [5.41, 5.74) is 2.23. The van der Waals surface area contributed by atoms with Crippen LogP contribution < -0.4 is 4.74 Å². The molecule has 0 unspecified atom stereocenters. The number of pyridine rings is 1. The molecule has 0 saturated carbocycles. The van der Waals surface area contributed by atoms with Crippen LogP contribution in [0.3, 0.4) is 0 Å². The predicted molar refractivity (Wildman–Crippen MR) is 109 cm³/mol. The van der Waals surface area contributed by atoms with Crippen molar-refractivity contribution >= 4 is 33.2 Å². The van der Waals surface area contributed by atoms with Crippen molar-refractivity contribution in [2.45, 2.75) is 25.7 Å². The first-order valence-electron chi connectivity index (χ1n) is 8.94. The fourth-order valence-corrected chi connectivity index (χ4v) is 4.81. The van der Waals surface area contributed by atoms with Gasteiger partial charge >= 0.3 is 0 Å². The molecule has 4 nitrogen and oxygen atoms in total. The second-order valence-electron chi connectivity index (χ2n) is 6.54. The fraction of sp³-hybridized carbons (Fsp3) is 0.190. The molecule has 0 fully saturated rings. The SMILES string of the molecule is Clc1ccc(Oc2nc(-c3cccnc3)nc3sc4c(c23)CCCC4)cc1. The second kappa shape index (κ2) is 6.91. The van der Waals surface area contributed by atoms with Crippen LogP contribution in [-0.2, 0) is 12.8 Å². The lowest BCUT2D eigenvalue weighted by Crippen LogP contribution is -2.00. The molecule has 0 atom stereocenters. The Balaban J connectivity index is 1.69. The molecule has 4 aromatic rings. The van der Waals surface area contributed by atoms with E-state index >= 15 is 0 Å². The molecule has 1 aliphatic rings. The highest BCUT2D eigenvalue weighted by Crippen LogP contribution is 2.41. The number of nitrogens with zero attached hydrogens (tertiary/aromatic N) is 3. The van der Waals surface area contributed by atoms with Gasteiger partial charge in [-0.3, -0.25) is 4.98 Å². The molecule has 0 aliphatic heterocycles. The van der Waals surface area contributed by atoms with Crippen LogP contribution in [0.15, 0.2) is 48.8 Å². The molecular formula is C21H16ClN3OS. The summed E-state index contributed by atoms with van der Waals surface area (Å²) in [6.07, 6.45) is 8.12. The largest absolute Gasteiger partial charge is 0.438 e. The van der Waals surface area contributed by atoms with Gasteiger partial charge in [-0.05, 0) is 67.6 Å². The number of thiophene rings is 1. The molecule has 0 saturated heterocycles. The van der Waals surface area contributed by atoms with Gasteiger partial charge in [0.2, 0.25) is 5.88 Å². The lowest BCUT2D eigenvalue weighted by molar-refractivity contribution is 0.468. The molecule has 5 rings (SSSR count). The Kier molecular flexibility index (Phi) is 4.26. The van der Waals surface area contributed by atoms with Crippen molar-refractivity contribution in [2.24, 2.45) is 0 Å². The van der Waals surface area contributed by atoms with E-state index in [0.29, 0.717) is 22.5 Å². The van der Waals surface area contributed by atoms with Gasteiger partial charge in [-0.15, -0.1) is 11.3 Å². The van der Waals surface area contributed by atoms with Gasteiger partial charge in [0.05, 0.1) is 5.39 Å². The summed E-state index contributed by atoms with van der Waals surface area (Å²) in [7, 11) is 0. The van der Waals surface area contributed by atoms with E-state index in [0.717, 1.165) is 28.6 Å². The summed E-state index contributed by atoms with van der Waals surface area (Å²) in [6, 6.07) is 11.2. The quantitative estimate of drug-likeness (QED) is 0.423. The molecule has 3 aromatic heterocycles. The molecule has 0 spiro atoms. The van der Waals surface area contributed by atoms with Crippen LogP contribution >= 0.6 is 22.9 Å². The summed E-state index contributed by atoms with van der Waals surface area (Å²) in [4.78, 5) is 16.2. The molecule has 1 aromatic carbocycles. The van der Waals surface area contributed by atoms with Crippen LogP contribution in [0, 0.1) is 0 Å². The molecule has 0 radical (unpaired) electrons. The van der Waals surface area contributed by atoms with E-state index in [9.17, 15) is 0 Å². The first kappa shape index (κ1) is 16.7. The maximum absolute atomic E-state index is 6.21. The zero-order valence-electron chi connectivity index (χ0n) is 14.5. The Bertz CT molecular complexity index is 1110. The Morgan fingerprint density at radius 3 is 2.67 bits per heavy atom. The summed E-state index contributed by atoms with van der Waals surface area (Å²) in [5, 5.41) is 1.73. The maximum atomic E-state index is 6.21. The summed E-state index contributed by atoms with van der Waals surface area (Å²) < 4.78 is 6.21. The summed E-state index contributed by atoms with van der Waals surface area (Å²) in [5.74, 6) is 1.96. The van der Waals surface area contributed by atoms with E-state index in [-0.39, 0.29) is 0 Å².